The summed E-state index contributed by atoms with van der Waals surface area (Å²) >= 11 is 0. The third-order valence-electron chi connectivity index (χ3n) is 3.26. The van der Waals surface area contributed by atoms with Crippen LogP contribution in [0.3, 0.4) is 0 Å². The van der Waals surface area contributed by atoms with E-state index in [9.17, 15) is 0 Å². The highest BCUT2D eigenvalue weighted by atomic mass is 16.5. The highest BCUT2D eigenvalue weighted by molar-refractivity contribution is 6.58. The Labute approximate surface area is 119 Å². The van der Waals surface area contributed by atoms with E-state index in [0.29, 0.717) is 12.1 Å². The van der Waals surface area contributed by atoms with Crippen molar-refractivity contribution in [2.24, 2.45) is 7.05 Å². The van der Waals surface area contributed by atoms with Gasteiger partial charge in [0.15, 0.2) is 0 Å². The molecule has 2 N–H and O–H groups in total. The molecular weight excluding hydrogens is 255 g/mol. The van der Waals surface area contributed by atoms with Gasteiger partial charge < -0.3 is 14.8 Å². The van der Waals surface area contributed by atoms with E-state index in [1.54, 1.807) is 18.2 Å². The van der Waals surface area contributed by atoms with Gasteiger partial charge in [0.25, 0.3) is 0 Å². The van der Waals surface area contributed by atoms with Crippen LogP contribution in [0.4, 0.5) is 0 Å². The number of rotatable bonds is 5. The highest BCUT2D eigenvalue weighted by Gasteiger charge is 2.12. The molecule has 0 amide bonds. The molecule has 1 heterocycles. The summed E-state index contributed by atoms with van der Waals surface area (Å²) in [7, 11) is 0.447. The lowest BCUT2D eigenvalue weighted by molar-refractivity contribution is 0.293. The third kappa shape index (κ3) is 3.21. The van der Waals surface area contributed by atoms with Gasteiger partial charge in [-0.3, -0.25) is 4.68 Å². The summed E-state index contributed by atoms with van der Waals surface area (Å²) in [6.07, 6.45) is 0.899. The zero-order valence-corrected chi connectivity index (χ0v) is 12.0. The molecule has 1 aromatic carbocycles. The number of aromatic nitrogens is 2. The average Bonchev–Trinajstić information content (AvgIpc) is 2.78. The molecule has 0 atom stereocenters. The topological polar surface area (TPSA) is 67.5 Å². The molecule has 5 nitrogen and oxygen atoms in total. The molecule has 0 aliphatic rings. The van der Waals surface area contributed by atoms with E-state index >= 15 is 0 Å². The van der Waals surface area contributed by atoms with Crippen LogP contribution < -0.4 is 10.2 Å². The molecule has 0 aliphatic heterocycles. The van der Waals surface area contributed by atoms with Crippen molar-refractivity contribution in [3.8, 4) is 5.75 Å². The van der Waals surface area contributed by atoms with E-state index in [1.165, 1.54) is 0 Å². The number of hydrogen-bond acceptors (Lipinski definition) is 4. The Balaban J connectivity index is 2.08. The first-order valence-electron chi connectivity index (χ1n) is 6.62. The van der Waals surface area contributed by atoms with Gasteiger partial charge in [0.2, 0.25) is 0 Å². The first-order chi connectivity index (χ1) is 9.51. The van der Waals surface area contributed by atoms with Crippen LogP contribution in [0.15, 0.2) is 24.3 Å². The molecule has 0 spiro atoms. The summed E-state index contributed by atoms with van der Waals surface area (Å²) in [4.78, 5) is 0. The van der Waals surface area contributed by atoms with Crippen LogP contribution in [0.2, 0.25) is 0 Å². The molecule has 2 aromatic rings. The second-order valence-corrected chi connectivity index (χ2v) is 4.79. The Morgan fingerprint density at radius 1 is 1.30 bits per heavy atom. The Hall–Kier alpha value is -1.79. The third-order valence-corrected chi connectivity index (χ3v) is 3.26. The van der Waals surface area contributed by atoms with E-state index in [-0.39, 0.29) is 0 Å². The summed E-state index contributed by atoms with van der Waals surface area (Å²) in [5, 5.41) is 22.6. The summed E-state index contributed by atoms with van der Waals surface area (Å²) in [5.41, 5.74) is 3.38. The van der Waals surface area contributed by atoms with Gasteiger partial charge in [-0.2, -0.15) is 5.10 Å². The Morgan fingerprint density at radius 3 is 2.60 bits per heavy atom. The fourth-order valence-electron chi connectivity index (χ4n) is 2.03. The number of ether oxygens (including phenoxy) is 1. The van der Waals surface area contributed by atoms with Crippen molar-refractivity contribution in [2.75, 3.05) is 0 Å². The number of aryl methyl sites for hydroxylation is 3. The SMILES string of the molecule is CCc1cc(COc2ccc(B(O)O)cc2C)n(C)n1. The number of hydrogen-bond donors (Lipinski definition) is 2. The van der Waals surface area contributed by atoms with Gasteiger partial charge in [0, 0.05) is 7.05 Å². The molecule has 6 heteroatoms. The molecule has 0 aliphatic carbocycles. The monoisotopic (exact) mass is 274 g/mol. The van der Waals surface area contributed by atoms with Gasteiger partial charge in [-0.15, -0.1) is 0 Å². The molecule has 106 valence electrons. The first-order valence-corrected chi connectivity index (χ1v) is 6.62. The zero-order chi connectivity index (χ0) is 14.7. The molecule has 0 saturated carbocycles. The fourth-order valence-corrected chi connectivity index (χ4v) is 2.03. The summed E-state index contributed by atoms with van der Waals surface area (Å²) < 4.78 is 7.59. The number of benzene rings is 1. The van der Waals surface area contributed by atoms with Crippen LogP contribution in [-0.4, -0.2) is 26.9 Å². The molecule has 0 bridgehead atoms. The normalized spacial score (nSPS) is 10.7. The van der Waals surface area contributed by atoms with Crippen molar-refractivity contribution in [3.63, 3.8) is 0 Å². The van der Waals surface area contributed by atoms with Gasteiger partial charge in [-0.05, 0) is 36.5 Å². The van der Waals surface area contributed by atoms with Crippen molar-refractivity contribution in [1.82, 2.24) is 9.78 Å². The molecule has 0 fully saturated rings. The maximum absolute atomic E-state index is 9.12. The second kappa shape index (κ2) is 6.11. The van der Waals surface area contributed by atoms with Gasteiger partial charge in [-0.1, -0.05) is 19.1 Å². The lowest BCUT2D eigenvalue weighted by atomic mass is 9.79. The van der Waals surface area contributed by atoms with Gasteiger partial charge in [-0.25, -0.2) is 0 Å². The molecule has 20 heavy (non-hydrogen) atoms. The molecule has 0 radical (unpaired) electrons. The van der Waals surface area contributed by atoms with Crippen LogP contribution in [0.1, 0.15) is 23.9 Å². The largest absolute Gasteiger partial charge is 0.488 e. The second-order valence-electron chi connectivity index (χ2n) is 4.79. The molecular formula is C14H19BN2O3. The zero-order valence-electron chi connectivity index (χ0n) is 12.0. The van der Waals surface area contributed by atoms with Gasteiger partial charge >= 0.3 is 7.12 Å². The van der Waals surface area contributed by atoms with Crippen LogP contribution in [-0.2, 0) is 20.1 Å². The highest BCUT2D eigenvalue weighted by Crippen LogP contribution is 2.17. The van der Waals surface area contributed by atoms with Gasteiger partial charge in [0.1, 0.15) is 12.4 Å². The minimum atomic E-state index is -1.45. The van der Waals surface area contributed by atoms with Crippen molar-refractivity contribution in [1.29, 1.82) is 0 Å². The Kier molecular flexibility index (Phi) is 4.47. The fraction of sp³-hybridized carbons (Fsp3) is 0.357. The van der Waals surface area contributed by atoms with Crippen molar-refractivity contribution in [2.45, 2.75) is 26.9 Å². The minimum Gasteiger partial charge on any atom is -0.487 e. The molecule has 0 saturated heterocycles. The molecule has 1 aromatic heterocycles. The van der Waals surface area contributed by atoms with E-state index in [4.69, 9.17) is 14.8 Å². The summed E-state index contributed by atoms with van der Waals surface area (Å²) in [6, 6.07) is 7.14. The Bertz CT molecular complexity index is 596. The van der Waals surface area contributed by atoms with Gasteiger partial charge in [0.05, 0.1) is 11.4 Å². The smallest absolute Gasteiger partial charge is 0.487 e. The van der Waals surface area contributed by atoms with E-state index < -0.39 is 7.12 Å². The maximum Gasteiger partial charge on any atom is 0.488 e. The van der Waals surface area contributed by atoms with Crippen molar-refractivity contribution >= 4 is 12.6 Å². The van der Waals surface area contributed by atoms with Crippen LogP contribution in [0, 0.1) is 6.92 Å². The van der Waals surface area contributed by atoms with Crippen LogP contribution in [0.5, 0.6) is 5.75 Å². The standard InChI is InChI=1S/C14H19BN2O3/c1-4-12-8-13(17(3)16-12)9-20-14-6-5-11(15(18)19)7-10(14)2/h5-8,18-19H,4,9H2,1-3H3. The lowest BCUT2D eigenvalue weighted by Gasteiger charge is -2.10. The quantitative estimate of drug-likeness (QED) is 0.781. The summed E-state index contributed by atoms with van der Waals surface area (Å²) in [5.74, 6) is 0.730. The predicted molar refractivity (Wildman–Crippen MR) is 77.9 cm³/mol. The van der Waals surface area contributed by atoms with Crippen molar-refractivity contribution < 1.29 is 14.8 Å². The first kappa shape index (κ1) is 14.6. The Morgan fingerprint density at radius 2 is 2.05 bits per heavy atom. The molecule has 0 unspecified atom stereocenters. The number of nitrogens with zero attached hydrogens (tertiary/aromatic N) is 2. The lowest BCUT2D eigenvalue weighted by Crippen LogP contribution is -2.29. The van der Waals surface area contributed by atoms with Crippen molar-refractivity contribution in [3.05, 3.63) is 41.2 Å². The predicted octanol–water partition coefficient (Wildman–Crippen LogP) is 0.550. The van der Waals surface area contributed by atoms with E-state index in [1.807, 2.05) is 24.7 Å². The van der Waals surface area contributed by atoms with E-state index in [2.05, 4.69) is 12.0 Å². The van der Waals surface area contributed by atoms with Crippen LogP contribution in [0.25, 0.3) is 0 Å². The summed E-state index contributed by atoms with van der Waals surface area (Å²) in [6.45, 7) is 4.38. The van der Waals surface area contributed by atoms with Crippen LogP contribution >= 0.6 is 0 Å². The maximum atomic E-state index is 9.12. The van der Waals surface area contributed by atoms with E-state index in [0.717, 1.165) is 29.1 Å². The molecule has 2 rings (SSSR count). The minimum absolute atomic E-state index is 0.436. The average molecular weight is 274 g/mol.